The van der Waals surface area contributed by atoms with Crippen LogP contribution in [0.3, 0.4) is 0 Å². The monoisotopic (exact) mass is 363 g/mol. The summed E-state index contributed by atoms with van der Waals surface area (Å²) in [6, 6.07) is 16.7. The van der Waals surface area contributed by atoms with Crippen LogP contribution in [0.1, 0.15) is 52.0 Å². The van der Waals surface area contributed by atoms with E-state index in [-0.39, 0.29) is 5.82 Å². The van der Waals surface area contributed by atoms with Crippen molar-refractivity contribution >= 4 is 5.57 Å². The molecule has 1 fully saturated rings. The second-order valence-corrected chi connectivity index (χ2v) is 9.30. The van der Waals surface area contributed by atoms with Crippen LogP contribution in [0.4, 0.5) is 4.39 Å². The molecule has 2 heteroatoms. The molecule has 2 aromatic rings. The molecule has 2 atom stereocenters. The number of benzene rings is 2. The van der Waals surface area contributed by atoms with E-state index in [4.69, 9.17) is 0 Å². The molecule has 1 nitrogen and oxygen atoms in total. The van der Waals surface area contributed by atoms with E-state index in [9.17, 15) is 4.39 Å². The van der Waals surface area contributed by atoms with Crippen LogP contribution >= 0.6 is 0 Å². The Morgan fingerprint density at radius 1 is 1.00 bits per heavy atom. The van der Waals surface area contributed by atoms with Crippen LogP contribution in [-0.2, 0) is 0 Å². The minimum absolute atomic E-state index is 0.123. The normalized spacial score (nSPS) is 22.7. The second-order valence-electron chi connectivity index (χ2n) is 9.30. The number of hydrogen-bond donors (Lipinski definition) is 0. The van der Waals surface area contributed by atoms with E-state index in [0.29, 0.717) is 23.1 Å². The van der Waals surface area contributed by atoms with Crippen LogP contribution in [0.15, 0.2) is 54.6 Å². The van der Waals surface area contributed by atoms with Crippen LogP contribution in [0.5, 0.6) is 0 Å². The first-order chi connectivity index (χ1) is 12.9. The molecule has 1 saturated heterocycles. The molecule has 0 radical (unpaired) electrons. The van der Waals surface area contributed by atoms with Crippen molar-refractivity contribution in [3.8, 4) is 11.1 Å². The van der Waals surface area contributed by atoms with Crippen molar-refractivity contribution in [1.82, 2.24) is 4.90 Å². The van der Waals surface area contributed by atoms with E-state index in [1.807, 2.05) is 36.4 Å². The van der Waals surface area contributed by atoms with Gasteiger partial charge in [0.1, 0.15) is 5.82 Å². The molecular weight excluding hydrogens is 333 g/mol. The van der Waals surface area contributed by atoms with Crippen molar-refractivity contribution in [2.24, 2.45) is 5.41 Å². The number of hydrogen-bond acceptors (Lipinski definition) is 1. The zero-order valence-corrected chi connectivity index (χ0v) is 16.7. The highest BCUT2D eigenvalue weighted by Gasteiger charge is 2.36. The minimum Gasteiger partial charge on any atom is -0.294 e. The van der Waals surface area contributed by atoms with E-state index in [1.54, 1.807) is 6.07 Å². The molecule has 142 valence electrons. The van der Waals surface area contributed by atoms with E-state index in [0.717, 1.165) is 17.5 Å². The summed E-state index contributed by atoms with van der Waals surface area (Å²) < 4.78 is 14.8. The predicted octanol–water partition coefficient (Wildman–Crippen LogP) is 6.55. The summed E-state index contributed by atoms with van der Waals surface area (Å²) in [5.74, 6) is -0.123. The molecule has 2 aliphatic heterocycles. The molecule has 0 amide bonds. The Labute approximate surface area is 162 Å². The first-order valence-corrected chi connectivity index (χ1v) is 10.2. The summed E-state index contributed by atoms with van der Waals surface area (Å²) in [6.45, 7) is 8.12. The Hall–Kier alpha value is -1.93. The smallest absolute Gasteiger partial charge is 0.131 e. The molecular formula is C25H30FN. The highest BCUT2D eigenvalue weighted by atomic mass is 19.1. The summed E-state index contributed by atoms with van der Waals surface area (Å²) in [6.07, 6.45) is 7.18. The number of halogens is 1. The molecule has 0 aromatic heterocycles. The number of rotatable bonds is 4. The Balaban J connectivity index is 1.54. The third-order valence-electron chi connectivity index (χ3n) is 6.08. The van der Waals surface area contributed by atoms with Crippen molar-refractivity contribution in [2.45, 2.75) is 58.5 Å². The zero-order chi connectivity index (χ0) is 19.0. The second kappa shape index (κ2) is 7.24. The van der Waals surface area contributed by atoms with E-state index in [2.05, 4.69) is 37.8 Å². The third kappa shape index (κ3) is 4.01. The van der Waals surface area contributed by atoms with Gasteiger partial charge in [-0.1, -0.05) is 69.3 Å². The van der Waals surface area contributed by atoms with Crippen molar-refractivity contribution in [1.29, 1.82) is 0 Å². The van der Waals surface area contributed by atoms with Crippen LogP contribution in [0, 0.1) is 11.2 Å². The van der Waals surface area contributed by atoms with Crippen molar-refractivity contribution < 1.29 is 4.39 Å². The molecule has 0 aliphatic carbocycles. The molecule has 2 aromatic carbocycles. The molecule has 2 heterocycles. The van der Waals surface area contributed by atoms with Crippen LogP contribution in [-0.4, -0.2) is 23.5 Å². The lowest BCUT2D eigenvalue weighted by Crippen LogP contribution is -2.40. The van der Waals surface area contributed by atoms with Gasteiger partial charge in [0, 0.05) is 17.6 Å². The Kier molecular flexibility index (Phi) is 4.94. The standard InChI is InChI=1S/C25H30FN/c1-25(2,3)13-14-27-21-10-11-22(27)16-20(15-21)19-9-12-23(24(26)17-19)18-7-5-4-6-8-18/h4-9,12,15,17,21-22H,10-11,13-14,16H2,1-3H3. The maximum atomic E-state index is 14.8. The summed E-state index contributed by atoms with van der Waals surface area (Å²) in [5.41, 5.74) is 4.38. The van der Waals surface area contributed by atoms with Crippen LogP contribution in [0.2, 0.25) is 0 Å². The molecule has 2 bridgehead atoms. The van der Waals surface area contributed by atoms with Gasteiger partial charge >= 0.3 is 0 Å². The van der Waals surface area contributed by atoms with Gasteiger partial charge in [-0.2, -0.15) is 0 Å². The molecule has 4 rings (SSSR count). The SMILES string of the molecule is CC(C)(C)CCN1C2C=C(c3ccc(-c4ccccc4)c(F)c3)CC1CC2. The van der Waals surface area contributed by atoms with E-state index >= 15 is 0 Å². The average molecular weight is 364 g/mol. The topological polar surface area (TPSA) is 3.24 Å². The summed E-state index contributed by atoms with van der Waals surface area (Å²) >= 11 is 0. The first kappa shape index (κ1) is 18.4. The van der Waals surface area contributed by atoms with Gasteiger partial charge in [0.15, 0.2) is 0 Å². The van der Waals surface area contributed by atoms with Gasteiger partial charge in [-0.15, -0.1) is 0 Å². The van der Waals surface area contributed by atoms with E-state index < -0.39 is 0 Å². The van der Waals surface area contributed by atoms with Crippen molar-refractivity contribution in [3.05, 3.63) is 66.0 Å². The lowest BCUT2D eigenvalue weighted by atomic mass is 9.90. The van der Waals surface area contributed by atoms with E-state index in [1.165, 1.54) is 31.4 Å². The lowest BCUT2D eigenvalue weighted by Gasteiger charge is -2.36. The van der Waals surface area contributed by atoms with Gasteiger partial charge in [0.25, 0.3) is 0 Å². The van der Waals surface area contributed by atoms with Gasteiger partial charge in [0.2, 0.25) is 0 Å². The molecule has 0 spiro atoms. The Morgan fingerprint density at radius 2 is 1.78 bits per heavy atom. The van der Waals surface area contributed by atoms with Gasteiger partial charge in [0.05, 0.1) is 0 Å². The fourth-order valence-electron chi connectivity index (χ4n) is 4.51. The quantitative estimate of drug-likeness (QED) is 0.595. The summed E-state index contributed by atoms with van der Waals surface area (Å²) in [4.78, 5) is 2.68. The maximum absolute atomic E-state index is 14.8. The first-order valence-electron chi connectivity index (χ1n) is 10.2. The Bertz CT molecular complexity index is 831. The summed E-state index contributed by atoms with van der Waals surface area (Å²) in [5, 5.41) is 0. The molecule has 0 N–H and O–H groups in total. The maximum Gasteiger partial charge on any atom is 0.131 e. The molecule has 0 saturated carbocycles. The zero-order valence-electron chi connectivity index (χ0n) is 16.7. The van der Waals surface area contributed by atoms with Crippen LogP contribution < -0.4 is 0 Å². The number of nitrogens with zero attached hydrogens (tertiary/aromatic N) is 1. The average Bonchev–Trinajstić information content (AvgIpc) is 2.87. The van der Waals surface area contributed by atoms with Crippen molar-refractivity contribution in [3.63, 3.8) is 0 Å². The van der Waals surface area contributed by atoms with Crippen molar-refractivity contribution in [2.75, 3.05) is 6.54 Å². The number of fused-ring (bicyclic) bond motifs is 2. The van der Waals surface area contributed by atoms with Gasteiger partial charge in [-0.05, 0) is 60.4 Å². The van der Waals surface area contributed by atoms with Gasteiger partial charge in [-0.25, -0.2) is 4.39 Å². The highest BCUT2D eigenvalue weighted by molar-refractivity contribution is 5.72. The molecule has 2 aliphatic rings. The van der Waals surface area contributed by atoms with Gasteiger partial charge in [-0.3, -0.25) is 4.90 Å². The summed E-state index contributed by atoms with van der Waals surface area (Å²) in [7, 11) is 0. The van der Waals surface area contributed by atoms with Crippen LogP contribution in [0.25, 0.3) is 16.7 Å². The van der Waals surface area contributed by atoms with Gasteiger partial charge < -0.3 is 0 Å². The fourth-order valence-corrected chi connectivity index (χ4v) is 4.51. The largest absolute Gasteiger partial charge is 0.294 e. The lowest BCUT2D eigenvalue weighted by molar-refractivity contribution is 0.181. The third-order valence-corrected chi connectivity index (χ3v) is 6.08. The highest BCUT2D eigenvalue weighted by Crippen LogP contribution is 2.40. The Morgan fingerprint density at radius 3 is 2.44 bits per heavy atom. The predicted molar refractivity (Wildman–Crippen MR) is 112 cm³/mol. The fraction of sp³-hybridized carbons (Fsp3) is 0.440. The minimum atomic E-state index is -0.123. The molecule has 27 heavy (non-hydrogen) atoms. The molecule has 2 unspecified atom stereocenters.